The number of carbonyl (C=O) groups excluding carboxylic acids is 1. The molecule has 4 saturated carbocycles. The molecule has 0 aromatic carbocycles. The second-order valence-electron chi connectivity index (χ2n) is 9.19. The van der Waals surface area contributed by atoms with Crippen LogP contribution in [0.3, 0.4) is 0 Å². The van der Waals surface area contributed by atoms with E-state index in [1.54, 1.807) is 0 Å². The first-order valence-electron chi connectivity index (χ1n) is 9.24. The fourth-order valence-corrected chi connectivity index (χ4v) is 7.14. The molecule has 4 aliphatic rings. The molecule has 0 aliphatic heterocycles. The van der Waals surface area contributed by atoms with Crippen molar-refractivity contribution >= 4 is 5.78 Å². The summed E-state index contributed by atoms with van der Waals surface area (Å²) >= 11 is 0. The van der Waals surface area contributed by atoms with Crippen LogP contribution in [0, 0.1) is 34.5 Å². The fraction of sp³-hybridized carbons (Fsp3) is 0.947. The van der Waals surface area contributed by atoms with Crippen LogP contribution in [-0.2, 0) is 4.79 Å². The van der Waals surface area contributed by atoms with Crippen LogP contribution in [0.5, 0.6) is 0 Å². The second kappa shape index (κ2) is 4.80. The SMILES string of the molecule is C[C@]12CCC(=O)C[C@@H]1CC[C@@H]1[C@@H]2[C@H](O)C[C@]2(C)[C@H](O)CC[C@@H]12. The lowest BCUT2D eigenvalue weighted by molar-refractivity contribution is -0.177. The molecule has 8 atom stereocenters. The van der Waals surface area contributed by atoms with Crippen molar-refractivity contribution in [3.05, 3.63) is 0 Å². The Bertz CT molecular complexity index is 489. The average Bonchev–Trinajstić information content (AvgIpc) is 2.75. The van der Waals surface area contributed by atoms with E-state index < -0.39 is 0 Å². The van der Waals surface area contributed by atoms with Crippen LogP contribution in [0.2, 0.25) is 0 Å². The van der Waals surface area contributed by atoms with E-state index in [4.69, 9.17) is 0 Å². The van der Waals surface area contributed by atoms with Gasteiger partial charge in [-0.2, -0.15) is 0 Å². The van der Waals surface area contributed by atoms with E-state index in [1.807, 2.05) is 0 Å². The summed E-state index contributed by atoms with van der Waals surface area (Å²) in [6.07, 6.45) is 6.88. The highest BCUT2D eigenvalue weighted by atomic mass is 16.3. The number of hydrogen-bond donors (Lipinski definition) is 2. The molecule has 0 aromatic heterocycles. The van der Waals surface area contributed by atoms with Gasteiger partial charge in [-0.1, -0.05) is 13.8 Å². The van der Waals surface area contributed by atoms with Gasteiger partial charge in [0.15, 0.2) is 0 Å². The summed E-state index contributed by atoms with van der Waals surface area (Å²) in [4.78, 5) is 11.9. The van der Waals surface area contributed by atoms with E-state index >= 15 is 0 Å². The van der Waals surface area contributed by atoms with Crippen LogP contribution < -0.4 is 0 Å². The van der Waals surface area contributed by atoms with Gasteiger partial charge in [-0.25, -0.2) is 0 Å². The van der Waals surface area contributed by atoms with Gasteiger partial charge in [0, 0.05) is 12.8 Å². The molecule has 0 saturated heterocycles. The van der Waals surface area contributed by atoms with Crippen LogP contribution in [0.4, 0.5) is 0 Å². The monoisotopic (exact) mass is 306 g/mol. The number of Topliss-reactive ketones (excluding diaryl/α,β-unsaturated/α-hetero) is 1. The lowest BCUT2D eigenvalue weighted by Gasteiger charge is -2.61. The molecule has 22 heavy (non-hydrogen) atoms. The molecule has 4 rings (SSSR count). The minimum absolute atomic E-state index is 0.0890. The summed E-state index contributed by atoms with van der Waals surface area (Å²) < 4.78 is 0. The molecule has 0 spiro atoms. The number of carbonyl (C=O) groups is 1. The Balaban J connectivity index is 1.69. The largest absolute Gasteiger partial charge is 0.393 e. The number of ketones is 1. The van der Waals surface area contributed by atoms with E-state index in [-0.39, 0.29) is 23.0 Å². The third kappa shape index (κ3) is 1.84. The van der Waals surface area contributed by atoms with Crippen molar-refractivity contribution in [2.75, 3.05) is 0 Å². The summed E-state index contributed by atoms with van der Waals surface area (Å²) in [5, 5.41) is 21.5. The quantitative estimate of drug-likeness (QED) is 0.723. The van der Waals surface area contributed by atoms with Gasteiger partial charge in [0.05, 0.1) is 12.2 Å². The molecule has 0 bridgehead atoms. The molecule has 0 heterocycles. The van der Waals surface area contributed by atoms with Gasteiger partial charge < -0.3 is 10.2 Å². The number of rotatable bonds is 0. The van der Waals surface area contributed by atoms with Gasteiger partial charge in [0.1, 0.15) is 5.78 Å². The topological polar surface area (TPSA) is 57.5 Å². The highest BCUT2D eigenvalue weighted by molar-refractivity contribution is 5.79. The van der Waals surface area contributed by atoms with Crippen molar-refractivity contribution in [2.45, 2.75) is 77.4 Å². The molecular weight excluding hydrogens is 276 g/mol. The summed E-state index contributed by atoms with van der Waals surface area (Å²) in [6.45, 7) is 4.55. The van der Waals surface area contributed by atoms with Crippen LogP contribution in [0.15, 0.2) is 0 Å². The lowest BCUT2D eigenvalue weighted by atomic mass is 9.44. The molecule has 4 fully saturated rings. The van der Waals surface area contributed by atoms with Crippen LogP contribution in [0.1, 0.15) is 65.2 Å². The molecule has 0 amide bonds. The molecule has 124 valence electrons. The lowest BCUT2D eigenvalue weighted by Crippen LogP contribution is -2.59. The van der Waals surface area contributed by atoms with Crippen molar-refractivity contribution in [2.24, 2.45) is 34.5 Å². The Kier molecular flexibility index (Phi) is 3.30. The number of fused-ring (bicyclic) bond motifs is 5. The normalized spacial score (nSPS) is 57.9. The highest BCUT2D eigenvalue weighted by Crippen LogP contribution is 2.65. The molecule has 2 N–H and O–H groups in total. The number of aliphatic hydroxyl groups excluding tert-OH is 2. The zero-order valence-electron chi connectivity index (χ0n) is 13.9. The van der Waals surface area contributed by atoms with Gasteiger partial charge in [-0.05, 0) is 73.0 Å². The Morgan fingerprint density at radius 1 is 1.05 bits per heavy atom. The predicted octanol–water partition coefficient (Wildman–Crippen LogP) is 2.93. The van der Waals surface area contributed by atoms with E-state index in [9.17, 15) is 15.0 Å². The van der Waals surface area contributed by atoms with Gasteiger partial charge in [-0.3, -0.25) is 4.79 Å². The minimum Gasteiger partial charge on any atom is -0.393 e. The molecule has 4 aliphatic carbocycles. The summed E-state index contributed by atoms with van der Waals surface area (Å²) in [6, 6.07) is 0. The van der Waals surface area contributed by atoms with Gasteiger partial charge >= 0.3 is 0 Å². The van der Waals surface area contributed by atoms with Crippen molar-refractivity contribution in [1.29, 1.82) is 0 Å². The standard InChI is InChI=1S/C19H30O3/c1-18-8-7-12(20)9-11(18)3-4-13-14-5-6-16(22)19(14,2)10-15(21)17(13)18/h11,13-17,21-22H,3-10H2,1-2H3/t11-,13-,14-,15+,16+,17+,18-,19-/m0/s1. The van der Waals surface area contributed by atoms with Crippen LogP contribution in [-0.4, -0.2) is 28.2 Å². The Labute approximate surface area is 133 Å². The minimum atomic E-state index is -0.306. The van der Waals surface area contributed by atoms with E-state index in [0.717, 1.165) is 44.9 Å². The molecule has 0 unspecified atom stereocenters. The third-order valence-corrected chi connectivity index (χ3v) is 8.36. The van der Waals surface area contributed by atoms with E-state index in [1.165, 1.54) is 0 Å². The van der Waals surface area contributed by atoms with Crippen molar-refractivity contribution in [3.8, 4) is 0 Å². The van der Waals surface area contributed by atoms with Crippen molar-refractivity contribution in [3.63, 3.8) is 0 Å². The predicted molar refractivity (Wildman–Crippen MR) is 84.1 cm³/mol. The number of hydrogen-bond acceptors (Lipinski definition) is 3. The first-order chi connectivity index (χ1) is 10.4. The fourth-order valence-electron chi connectivity index (χ4n) is 7.14. The Morgan fingerprint density at radius 3 is 2.59 bits per heavy atom. The average molecular weight is 306 g/mol. The van der Waals surface area contributed by atoms with Gasteiger partial charge in [-0.15, -0.1) is 0 Å². The summed E-state index contributed by atoms with van der Waals surface area (Å²) in [5.74, 6) is 2.34. The smallest absolute Gasteiger partial charge is 0.133 e. The van der Waals surface area contributed by atoms with Gasteiger partial charge in [0.25, 0.3) is 0 Å². The van der Waals surface area contributed by atoms with Crippen LogP contribution in [0.25, 0.3) is 0 Å². The second-order valence-corrected chi connectivity index (χ2v) is 9.19. The summed E-state index contributed by atoms with van der Waals surface area (Å²) in [5.41, 5.74) is 0.0411. The maximum atomic E-state index is 11.9. The zero-order chi connectivity index (χ0) is 15.7. The van der Waals surface area contributed by atoms with Gasteiger partial charge in [0.2, 0.25) is 0 Å². The zero-order valence-corrected chi connectivity index (χ0v) is 13.9. The van der Waals surface area contributed by atoms with E-state index in [0.29, 0.717) is 35.9 Å². The maximum absolute atomic E-state index is 11.9. The van der Waals surface area contributed by atoms with Crippen LogP contribution >= 0.6 is 0 Å². The molecule has 0 aromatic rings. The number of aliphatic hydroxyl groups is 2. The van der Waals surface area contributed by atoms with E-state index in [2.05, 4.69) is 13.8 Å². The summed E-state index contributed by atoms with van der Waals surface area (Å²) in [7, 11) is 0. The molecule has 0 radical (unpaired) electrons. The molecule has 3 nitrogen and oxygen atoms in total. The first-order valence-corrected chi connectivity index (χ1v) is 9.24. The molecular formula is C19H30O3. The van der Waals surface area contributed by atoms with Crippen molar-refractivity contribution < 1.29 is 15.0 Å². The van der Waals surface area contributed by atoms with Crippen molar-refractivity contribution in [1.82, 2.24) is 0 Å². The maximum Gasteiger partial charge on any atom is 0.133 e. The molecule has 3 heteroatoms. The Hall–Kier alpha value is -0.410. The highest BCUT2D eigenvalue weighted by Gasteiger charge is 2.62. The Morgan fingerprint density at radius 2 is 1.82 bits per heavy atom. The third-order valence-electron chi connectivity index (χ3n) is 8.36. The first kappa shape index (κ1) is 15.1.